The Bertz CT molecular complexity index is 474. The van der Waals surface area contributed by atoms with E-state index in [-0.39, 0.29) is 5.78 Å². The van der Waals surface area contributed by atoms with E-state index in [4.69, 9.17) is 4.74 Å². The first kappa shape index (κ1) is 10.9. The lowest BCUT2D eigenvalue weighted by Crippen LogP contribution is -2.00. The molecule has 82 valence electrons. The van der Waals surface area contributed by atoms with Gasteiger partial charge >= 0.3 is 0 Å². The zero-order valence-electron chi connectivity index (χ0n) is 8.97. The lowest BCUT2D eigenvalue weighted by Gasteiger charge is -1.98. The van der Waals surface area contributed by atoms with Crippen molar-refractivity contribution in [1.82, 2.24) is 0 Å². The van der Waals surface area contributed by atoms with Crippen molar-refractivity contribution in [2.75, 3.05) is 7.11 Å². The summed E-state index contributed by atoms with van der Waals surface area (Å²) < 4.78 is 5.05. The highest BCUT2D eigenvalue weighted by molar-refractivity contribution is 7.12. The zero-order chi connectivity index (χ0) is 11.4. The van der Waals surface area contributed by atoms with Crippen LogP contribution in [0.1, 0.15) is 15.2 Å². The Morgan fingerprint density at radius 1 is 1.31 bits per heavy atom. The number of benzene rings is 1. The molecule has 0 atom stereocenters. The molecule has 1 aromatic heterocycles. The van der Waals surface area contributed by atoms with Gasteiger partial charge in [-0.2, -0.15) is 0 Å². The fraction of sp³-hybridized carbons (Fsp3) is 0.154. The maximum atomic E-state index is 11.9. The summed E-state index contributed by atoms with van der Waals surface area (Å²) in [7, 11) is 1.60. The fourth-order valence-electron chi connectivity index (χ4n) is 1.44. The van der Waals surface area contributed by atoms with Crippen LogP contribution in [-0.4, -0.2) is 12.9 Å². The van der Waals surface area contributed by atoms with Crippen LogP contribution in [0.3, 0.4) is 0 Å². The van der Waals surface area contributed by atoms with Crippen molar-refractivity contribution in [1.29, 1.82) is 0 Å². The smallest absolute Gasteiger partial charge is 0.177 e. The Hall–Kier alpha value is -1.61. The van der Waals surface area contributed by atoms with Crippen LogP contribution >= 0.6 is 11.3 Å². The van der Waals surface area contributed by atoms with Crippen LogP contribution in [0.4, 0.5) is 0 Å². The van der Waals surface area contributed by atoms with Crippen LogP contribution in [-0.2, 0) is 6.42 Å². The molecule has 16 heavy (non-hydrogen) atoms. The first-order valence-corrected chi connectivity index (χ1v) is 5.87. The third-order valence-corrected chi connectivity index (χ3v) is 3.24. The Morgan fingerprint density at radius 2 is 2.06 bits per heavy atom. The van der Waals surface area contributed by atoms with Crippen molar-refractivity contribution >= 4 is 17.1 Å². The number of rotatable bonds is 4. The summed E-state index contributed by atoms with van der Waals surface area (Å²) in [6, 6.07) is 11.5. The molecule has 1 aromatic carbocycles. The van der Waals surface area contributed by atoms with Crippen molar-refractivity contribution in [2.45, 2.75) is 6.42 Å². The minimum absolute atomic E-state index is 0.138. The van der Waals surface area contributed by atoms with E-state index in [1.54, 1.807) is 13.2 Å². The molecule has 0 bridgehead atoms. The summed E-state index contributed by atoms with van der Waals surface area (Å²) in [5.74, 6) is 0.890. The van der Waals surface area contributed by atoms with Crippen molar-refractivity contribution in [3.05, 3.63) is 52.2 Å². The number of ether oxygens (including phenoxy) is 1. The molecule has 0 saturated carbocycles. The summed E-state index contributed by atoms with van der Waals surface area (Å²) in [4.78, 5) is 12.6. The Labute approximate surface area is 98.5 Å². The van der Waals surface area contributed by atoms with Crippen LogP contribution in [0, 0.1) is 0 Å². The van der Waals surface area contributed by atoms with Crippen LogP contribution < -0.4 is 4.74 Å². The highest BCUT2D eigenvalue weighted by Crippen LogP contribution is 2.22. The fourth-order valence-corrected chi connectivity index (χ4v) is 2.24. The number of Topliss-reactive ketones (excluding diaryl/α,β-unsaturated/α-hetero) is 1. The van der Waals surface area contributed by atoms with Crippen LogP contribution in [0.2, 0.25) is 0 Å². The van der Waals surface area contributed by atoms with Crippen molar-refractivity contribution in [2.24, 2.45) is 0 Å². The topological polar surface area (TPSA) is 26.3 Å². The third kappa shape index (κ3) is 2.49. The second-order valence-corrected chi connectivity index (χ2v) is 4.35. The highest BCUT2D eigenvalue weighted by Gasteiger charge is 2.09. The summed E-state index contributed by atoms with van der Waals surface area (Å²) in [6.45, 7) is 0. The molecular weight excluding hydrogens is 220 g/mol. The second kappa shape index (κ2) is 4.94. The quantitative estimate of drug-likeness (QED) is 0.757. The first-order valence-electron chi connectivity index (χ1n) is 4.99. The van der Waals surface area contributed by atoms with Gasteiger partial charge in [-0.1, -0.05) is 30.3 Å². The molecule has 0 aliphatic heterocycles. The molecule has 0 spiro atoms. The van der Waals surface area contributed by atoms with Gasteiger partial charge in [0, 0.05) is 17.9 Å². The molecule has 2 rings (SSSR count). The largest absolute Gasteiger partial charge is 0.496 e. The highest BCUT2D eigenvalue weighted by atomic mass is 32.1. The van der Waals surface area contributed by atoms with Crippen LogP contribution in [0.25, 0.3) is 0 Å². The average Bonchev–Trinajstić information content (AvgIpc) is 2.79. The van der Waals surface area contributed by atoms with E-state index < -0.39 is 0 Å². The minimum Gasteiger partial charge on any atom is -0.496 e. The van der Waals surface area contributed by atoms with Crippen molar-refractivity contribution in [3.63, 3.8) is 0 Å². The first-order chi connectivity index (χ1) is 7.79. The van der Waals surface area contributed by atoms with E-state index >= 15 is 0 Å². The minimum atomic E-state index is 0.138. The summed E-state index contributed by atoms with van der Waals surface area (Å²) >= 11 is 1.43. The van der Waals surface area contributed by atoms with Crippen LogP contribution in [0.15, 0.2) is 41.8 Å². The van der Waals surface area contributed by atoms with Gasteiger partial charge in [0.25, 0.3) is 0 Å². The van der Waals surface area contributed by atoms with E-state index in [9.17, 15) is 4.79 Å². The number of thiophene rings is 1. The van der Waals surface area contributed by atoms with Crippen molar-refractivity contribution < 1.29 is 9.53 Å². The van der Waals surface area contributed by atoms with Gasteiger partial charge in [-0.25, -0.2) is 0 Å². The molecular formula is C13H12O2S. The van der Waals surface area contributed by atoms with E-state index in [1.807, 2.05) is 35.7 Å². The predicted molar refractivity (Wildman–Crippen MR) is 65.3 cm³/mol. The second-order valence-electron chi connectivity index (χ2n) is 3.44. The van der Waals surface area contributed by atoms with Gasteiger partial charge in [-0.05, 0) is 5.56 Å². The van der Waals surface area contributed by atoms with E-state index in [0.717, 1.165) is 16.2 Å². The maximum Gasteiger partial charge on any atom is 0.177 e. The number of carbonyl (C=O) groups is 1. The molecule has 0 aliphatic carbocycles. The molecule has 0 fully saturated rings. The lowest BCUT2D eigenvalue weighted by molar-refractivity contribution is 0.0996. The molecule has 1 heterocycles. The Morgan fingerprint density at radius 3 is 2.69 bits per heavy atom. The molecule has 2 nitrogen and oxygen atoms in total. The summed E-state index contributed by atoms with van der Waals surface area (Å²) in [6.07, 6.45) is 0.449. The van der Waals surface area contributed by atoms with Gasteiger partial charge in [-0.15, -0.1) is 11.3 Å². The van der Waals surface area contributed by atoms with Gasteiger partial charge in [0.2, 0.25) is 0 Å². The SMILES string of the molecule is COc1csc(C(=O)Cc2ccccc2)c1. The number of hydrogen-bond acceptors (Lipinski definition) is 3. The van der Waals surface area contributed by atoms with Crippen molar-refractivity contribution in [3.8, 4) is 5.75 Å². The average molecular weight is 232 g/mol. The maximum absolute atomic E-state index is 11.9. The van der Waals surface area contributed by atoms with E-state index in [2.05, 4.69) is 0 Å². The molecule has 0 N–H and O–H groups in total. The summed E-state index contributed by atoms with van der Waals surface area (Å²) in [5.41, 5.74) is 1.04. The normalized spacial score (nSPS) is 10.1. The summed E-state index contributed by atoms with van der Waals surface area (Å²) in [5, 5.41) is 1.85. The molecule has 0 amide bonds. The number of ketones is 1. The Kier molecular flexibility index (Phi) is 3.37. The standard InChI is InChI=1S/C13H12O2S/c1-15-11-8-13(16-9-11)12(14)7-10-5-3-2-4-6-10/h2-6,8-9H,7H2,1H3. The van der Waals surface area contributed by atoms with Crippen LogP contribution in [0.5, 0.6) is 5.75 Å². The third-order valence-electron chi connectivity index (χ3n) is 2.29. The van der Waals surface area contributed by atoms with Gasteiger partial charge in [-0.3, -0.25) is 4.79 Å². The molecule has 0 saturated heterocycles. The van der Waals surface area contributed by atoms with Gasteiger partial charge in [0.1, 0.15) is 5.75 Å². The molecule has 0 aliphatic rings. The van der Waals surface area contributed by atoms with Gasteiger partial charge in [0.15, 0.2) is 5.78 Å². The van der Waals surface area contributed by atoms with Gasteiger partial charge < -0.3 is 4.74 Å². The number of hydrogen-bond donors (Lipinski definition) is 0. The molecule has 2 aromatic rings. The Balaban J connectivity index is 2.09. The zero-order valence-corrected chi connectivity index (χ0v) is 9.79. The predicted octanol–water partition coefficient (Wildman–Crippen LogP) is 3.18. The molecule has 0 unspecified atom stereocenters. The number of methoxy groups -OCH3 is 1. The van der Waals surface area contributed by atoms with E-state index in [0.29, 0.717) is 6.42 Å². The monoisotopic (exact) mass is 232 g/mol. The van der Waals surface area contributed by atoms with E-state index in [1.165, 1.54) is 11.3 Å². The molecule has 3 heteroatoms. The lowest BCUT2D eigenvalue weighted by atomic mass is 10.1. The molecule has 0 radical (unpaired) electrons. The van der Waals surface area contributed by atoms with Gasteiger partial charge in [0.05, 0.1) is 12.0 Å². The number of carbonyl (C=O) groups excluding carboxylic acids is 1.